The van der Waals surface area contributed by atoms with Crippen LogP contribution < -0.4 is 0 Å². The van der Waals surface area contributed by atoms with E-state index in [0.29, 0.717) is 17.3 Å². The molecule has 1 heterocycles. The predicted molar refractivity (Wildman–Crippen MR) is 74.6 cm³/mol. The third-order valence-corrected chi connectivity index (χ3v) is 3.40. The van der Waals surface area contributed by atoms with Crippen molar-refractivity contribution in [3.05, 3.63) is 28.8 Å². The van der Waals surface area contributed by atoms with Crippen LogP contribution in [0.25, 0.3) is 11.4 Å². The second-order valence-corrected chi connectivity index (χ2v) is 5.00. The van der Waals surface area contributed by atoms with E-state index in [0.717, 1.165) is 11.1 Å². The lowest BCUT2D eigenvalue weighted by molar-refractivity contribution is -0.138. The number of carboxylic acids is 1. The van der Waals surface area contributed by atoms with Gasteiger partial charge < -0.3 is 5.11 Å². The SMILES string of the molecule is CCC(CC(=O)O)n1nnnc1-c1cc(Cl)ccc1C. The molecule has 1 aromatic carbocycles. The third kappa shape index (κ3) is 2.96. The quantitative estimate of drug-likeness (QED) is 0.917. The summed E-state index contributed by atoms with van der Waals surface area (Å²) in [6, 6.07) is 5.18. The van der Waals surface area contributed by atoms with Gasteiger partial charge in [-0.15, -0.1) is 5.10 Å². The summed E-state index contributed by atoms with van der Waals surface area (Å²) >= 11 is 6.01. The Morgan fingerprint density at radius 1 is 1.50 bits per heavy atom. The van der Waals surface area contributed by atoms with Crippen LogP contribution in [0.2, 0.25) is 5.02 Å². The minimum atomic E-state index is -0.874. The molecule has 7 heteroatoms. The van der Waals surface area contributed by atoms with Gasteiger partial charge in [0.25, 0.3) is 0 Å². The van der Waals surface area contributed by atoms with Crippen LogP contribution in [0.1, 0.15) is 31.4 Å². The summed E-state index contributed by atoms with van der Waals surface area (Å²) in [5.74, 6) is -0.334. The molecule has 0 aliphatic rings. The van der Waals surface area contributed by atoms with E-state index in [1.807, 2.05) is 19.9 Å². The highest BCUT2D eigenvalue weighted by Gasteiger charge is 2.20. The van der Waals surface area contributed by atoms with Crippen molar-refractivity contribution < 1.29 is 9.90 Å². The number of benzene rings is 1. The topological polar surface area (TPSA) is 80.9 Å². The molecule has 1 N–H and O–H groups in total. The van der Waals surface area contributed by atoms with Crippen LogP contribution in [0, 0.1) is 6.92 Å². The zero-order chi connectivity index (χ0) is 14.7. The monoisotopic (exact) mass is 294 g/mol. The largest absolute Gasteiger partial charge is 0.481 e. The number of carboxylic acid groups (broad SMARTS) is 1. The van der Waals surface area contributed by atoms with Gasteiger partial charge in [-0.3, -0.25) is 4.79 Å². The van der Waals surface area contributed by atoms with E-state index in [1.165, 1.54) is 0 Å². The van der Waals surface area contributed by atoms with Gasteiger partial charge in [-0.25, -0.2) is 4.68 Å². The second kappa shape index (κ2) is 6.00. The van der Waals surface area contributed by atoms with E-state index in [1.54, 1.807) is 16.8 Å². The molecule has 1 unspecified atom stereocenters. The Bertz CT molecular complexity index is 627. The van der Waals surface area contributed by atoms with Crippen molar-refractivity contribution in [2.24, 2.45) is 0 Å². The van der Waals surface area contributed by atoms with Gasteiger partial charge in [-0.05, 0) is 41.5 Å². The van der Waals surface area contributed by atoms with Gasteiger partial charge in [-0.1, -0.05) is 24.6 Å². The highest BCUT2D eigenvalue weighted by atomic mass is 35.5. The average Bonchev–Trinajstić information content (AvgIpc) is 2.87. The van der Waals surface area contributed by atoms with Crippen molar-refractivity contribution in [1.82, 2.24) is 20.2 Å². The molecule has 1 aromatic heterocycles. The number of tetrazole rings is 1. The molecule has 0 fully saturated rings. The minimum Gasteiger partial charge on any atom is -0.481 e. The molecule has 0 bridgehead atoms. The number of hydrogen-bond donors (Lipinski definition) is 1. The Hall–Kier alpha value is -1.95. The maximum atomic E-state index is 10.9. The standard InChI is InChI=1S/C13H15ClN4O2/c1-3-10(7-12(19)20)18-13(15-16-17-18)11-6-9(14)5-4-8(11)2/h4-6,10H,3,7H2,1-2H3,(H,19,20). The zero-order valence-corrected chi connectivity index (χ0v) is 12.0. The van der Waals surface area contributed by atoms with E-state index in [2.05, 4.69) is 15.5 Å². The van der Waals surface area contributed by atoms with Crippen LogP contribution in [-0.4, -0.2) is 31.3 Å². The van der Waals surface area contributed by atoms with Crippen LogP contribution in [0.3, 0.4) is 0 Å². The summed E-state index contributed by atoms with van der Waals surface area (Å²) in [6.45, 7) is 3.84. The minimum absolute atomic E-state index is 0.0197. The number of rotatable bonds is 5. The van der Waals surface area contributed by atoms with Crippen LogP contribution in [0.15, 0.2) is 18.2 Å². The van der Waals surface area contributed by atoms with Crippen LogP contribution in [0.4, 0.5) is 0 Å². The fourth-order valence-corrected chi connectivity index (χ4v) is 2.23. The number of halogens is 1. The Morgan fingerprint density at radius 2 is 2.25 bits per heavy atom. The highest BCUT2D eigenvalue weighted by molar-refractivity contribution is 6.30. The van der Waals surface area contributed by atoms with E-state index < -0.39 is 5.97 Å². The maximum Gasteiger partial charge on any atom is 0.305 e. The lowest BCUT2D eigenvalue weighted by Crippen LogP contribution is -2.16. The van der Waals surface area contributed by atoms with E-state index >= 15 is 0 Å². The van der Waals surface area contributed by atoms with Crippen LogP contribution >= 0.6 is 11.6 Å². The lowest BCUT2D eigenvalue weighted by Gasteiger charge is -2.15. The number of aromatic nitrogens is 4. The third-order valence-electron chi connectivity index (χ3n) is 3.16. The first kappa shape index (κ1) is 14.5. The zero-order valence-electron chi connectivity index (χ0n) is 11.2. The molecule has 0 aliphatic carbocycles. The molecule has 0 saturated heterocycles. The first-order chi connectivity index (χ1) is 9.52. The lowest BCUT2D eigenvalue weighted by atomic mass is 10.1. The van der Waals surface area contributed by atoms with Gasteiger partial charge in [0.15, 0.2) is 5.82 Å². The molecule has 106 valence electrons. The maximum absolute atomic E-state index is 10.9. The molecule has 0 aliphatic heterocycles. The molecule has 0 spiro atoms. The molecule has 2 rings (SSSR count). The predicted octanol–water partition coefficient (Wildman–Crippen LogP) is 2.73. The van der Waals surface area contributed by atoms with Crippen molar-refractivity contribution >= 4 is 17.6 Å². The van der Waals surface area contributed by atoms with E-state index in [9.17, 15) is 4.79 Å². The number of aliphatic carboxylic acids is 1. The molecule has 0 amide bonds. The Kier molecular flexibility index (Phi) is 4.34. The van der Waals surface area contributed by atoms with Crippen molar-refractivity contribution in [2.75, 3.05) is 0 Å². The van der Waals surface area contributed by atoms with Gasteiger partial charge in [-0.2, -0.15) is 0 Å². The summed E-state index contributed by atoms with van der Waals surface area (Å²) in [5, 5.41) is 21.2. The molecule has 20 heavy (non-hydrogen) atoms. The van der Waals surface area contributed by atoms with Gasteiger partial charge in [0, 0.05) is 10.6 Å². The average molecular weight is 295 g/mol. The summed E-state index contributed by atoms with van der Waals surface area (Å²) in [7, 11) is 0. The normalized spacial score (nSPS) is 12.3. The van der Waals surface area contributed by atoms with Crippen LogP contribution in [-0.2, 0) is 4.79 Å². The summed E-state index contributed by atoms with van der Waals surface area (Å²) in [4.78, 5) is 10.9. The summed E-state index contributed by atoms with van der Waals surface area (Å²) in [5.41, 5.74) is 1.79. The van der Waals surface area contributed by atoms with Gasteiger partial charge in [0.2, 0.25) is 0 Å². The van der Waals surface area contributed by atoms with Gasteiger partial charge in [0.05, 0.1) is 12.5 Å². The van der Waals surface area contributed by atoms with Crippen LogP contribution in [0.5, 0.6) is 0 Å². The van der Waals surface area contributed by atoms with E-state index in [-0.39, 0.29) is 12.5 Å². The van der Waals surface area contributed by atoms with Crippen molar-refractivity contribution in [3.63, 3.8) is 0 Å². The number of aryl methyl sites for hydroxylation is 1. The number of hydrogen-bond acceptors (Lipinski definition) is 4. The Labute approximate surface area is 121 Å². The fourth-order valence-electron chi connectivity index (χ4n) is 2.06. The van der Waals surface area contributed by atoms with Gasteiger partial charge >= 0.3 is 5.97 Å². The van der Waals surface area contributed by atoms with Gasteiger partial charge in [0.1, 0.15) is 0 Å². The number of nitrogens with zero attached hydrogens (tertiary/aromatic N) is 4. The van der Waals surface area contributed by atoms with Crippen molar-refractivity contribution in [1.29, 1.82) is 0 Å². The molecular formula is C13H15ClN4O2. The number of carbonyl (C=O) groups is 1. The van der Waals surface area contributed by atoms with Crippen molar-refractivity contribution in [2.45, 2.75) is 32.7 Å². The molecule has 0 saturated carbocycles. The first-order valence-corrected chi connectivity index (χ1v) is 6.67. The molecule has 6 nitrogen and oxygen atoms in total. The summed E-state index contributed by atoms with van der Waals surface area (Å²) in [6.07, 6.45) is 0.609. The van der Waals surface area contributed by atoms with Crippen molar-refractivity contribution in [3.8, 4) is 11.4 Å². The fraction of sp³-hybridized carbons (Fsp3) is 0.385. The molecule has 0 radical (unpaired) electrons. The smallest absolute Gasteiger partial charge is 0.305 e. The summed E-state index contributed by atoms with van der Waals surface area (Å²) < 4.78 is 1.56. The molecule has 1 atom stereocenters. The highest BCUT2D eigenvalue weighted by Crippen LogP contribution is 2.27. The second-order valence-electron chi connectivity index (χ2n) is 4.57. The van der Waals surface area contributed by atoms with E-state index in [4.69, 9.17) is 16.7 Å². The Balaban J connectivity index is 2.46. The Morgan fingerprint density at radius 3 is 2.90 bits per heavy atom. The first-order valence-electron chi connectivity index (χ1n) is 6.29. The molecule has 2 aromatic rings. The molecular weight excluding hydrogens is 280 g/mol.